The summed E-state index contributed by atoms with van der Waals surface area (Å²) >= 11 is 0. The van der Waals surface area contributed by atoms with E-state index in [0.717, 1.165) is 17.6 Å². The van der Waals surface area contributed by atoms with Crippen LogP contribution in [0.1, 0.15) is 31.5 Å². The Morgan fingerprint density at radius 1 is 1.46 bits per heavy atom. The van der Waals surface area contributed by atoms with Gasteiger partial charge in [-0.1, -0.05) is 49.9 Å². The molecule has 2 heterocycles. The molecule has 0 fully saturated rings. The van der Waals surface area contributed by atoms with E-state index in [4.69, 9.17) is 4.74 Å². The Balaban J connectivity index is 2.41. The van der Waals surface area contributed by atoms with Gasteiger partial charge in [0.2, 0.25) is 0 Å². The van der Waals surface area contributed by atoms with Gasteiger partial charge in [0.15, 0.2) is 5.78 Å². The fourth-order valence-electron chi connectivity index (χ4n) is 2.38. The van der Waals surface area contributed by atoms with Gasteiger partial charge in [-0.05, 0) is 36.6 Å². The first kappa shape index (κ1) is 17.7. The Hall–Kier alpha value is -2.68. The van der Waals surface area contributed by atoms with Crippen molar-refractivity contribution >= 4 is 11.4 Å². The SMILES string of the molecule is C=C\C=C/C1=C/CC(=O)/C(c2ncccc2CC)=C\OC(C)/C=C\1. The zero-order chi connectivity index (χ0) is 17.4. The molecule has 2 rings (SSSR count). The van der Waals surface area contributed by atoms with E-state index in [9.17, 15) is 4.79 Å². The van der Waals surface area contributed by atoms with Gasteiger partial charge in [-0.2, -0.15) is 0 Å². The summed E-state index contributed by atoms with van der Waals surface area (Å²) in [4.78, 5) is 17.1. The van der Waals surface area contributed by atoms with Crippen molar-refractivity contribution in [3.8, 4) is 0 Å². The Bertz CT molecular complexity index is 723. The average Bonchev–Trinajstić information content (AvgIpc) is 2.61. The summed E-state index contributed by atoms with van der Waals surface area (Å²) in [6.07, 6.45) is 15.5. The Kier molecular flexibility index (Phi) is 6.50. The molecule has 0 amide bonds. The highest BCUT2D eigenvalue weighted by atomic mass is 16.5. The van der Waals surface area contributed by atoms with Crippen molar-refractivity contribution in [3.63, 3.8) is 0 Å². The Labute approximate surface area is 143 Å². The van der Waals surface area contributed by atoms with E-state index in [0.29, 0.717) is 17.7 Å². The molecular formula is C21H23NO2. The van der Waals surface area contributed by atoms with Crippen molar-refractivity contribution in [1.29, 1.82) is 0 Å². The molecule has 3 heteroatoms. The quantitative estimate of drug-likeness (QED) is 0.762. The summed E-state index contributed by atoms with van der Waals surface area (Å²) in [5.74, 6) is -0.00426. The number of nitrogens with zero attached hydrogens (tertiary/aromatic N) is 1. The number of rotatable bonds is 4. The highest BCUT2D eigenvalue weighted by Gasteiger charge is 2.17. The van der Waals surface area contributed by atoms with Crippen molar-refractivity contribution < 1.29 is 9.53 Å². The third-order valence-electron chi connectivity index (χ3n) is 3.74. The molecule has 0 aromatic carbocycles. The molecule has 0 spiro atoms. The van der Waals surface area contributed by atoms with E-state index in [2.05, 4.69) is 18.5 Å². The largest absolute Gasteiger partial charge is 0.493 e. The van der Waals surface area contributed by atoms with Gasteiger partial charge in [0.1, 0.15) is 6.10 Å². The van der Waals surface area contributed by atoms with Crippen molar-refractivity contribution in [2.75, 3.05) is 0 Å². The molecule has 0 saturated carbocycles. The first-order chi connectivity index (χ1) is 11.7. The lowest BCUT2D eigenvalue weighted by atomic mass is 9.99. The molecule has 0 radical (unpaired) electrons. The summed E-state index contributed by atoms with van der Waals surface area (Å²) in [5, 5.41) is 0. The number of aromatic nitrogens is 1. The van der Waals surface area contributed by atoms with Crippen LogP contribution in [0.15, 0.2) is 73.2 Å². The average molecular weight is 321 g/mol. The maximum Gasteiger partial charge on any atom is 0.171 e. The molecular weight excluding hydrogens is 298 g/mol. The fourth-order valence-corrected chi connectivity index (χ4v) is 2.38. The normalized spacial score (nSPS) is 24.4. The minimum absolute atomic E-state index is 0.00426. The van der Waals surface area contributed by atoms with Crippen molar-refractivity contribution in [2.45, 2.75) is 32.8 Å². The van der Waals surface area contributed by atoms with E-state index >= 15 is 0 Å². The number of hydrogen-bond acceptors (Lipinski definition) is 3. The smallest absolute Gasteiger partial charge is 0.171 e. The number of allylic oxidation sites excluding steroid dienone is 7. The monoisotopic (exact) mass is 321 g/mol. The van der Waals surface area contributed by atoms with Gasteiger partial charge in [-0.15, -0.1) is 0 Å². The van der Waals surface area contributed by atoms with Gasteiger partial charge >= 0.3 is 0 Å². The molecule has 1 aliphatic heterocycles. The summed E-state index contributed by atoms with van der Waals surface area (Å²) in [7, 11) is 0. The van der Waals surface area contributed by atoms with Crippen LogP contribution in [-0.2, 0) is 16.0 Å². The van der Waals surface area contributed by atoms with Crippen LogP contribution in [0.25, 0.3) is 5.57 Å². The Morgan fingerprint density at radius 3 is 3.04 bits per heavy atom. The maximum atomic E-state index is 12.7. The number of carbonyl (C=O) groups excluding carboxylic acids is 1. The molecule has 0 saturated heterocycles. The molecule has 0 N–H and O–H groups in total. The van der Waals surface area contributed by atoms with Crippen LogP contribution in [0.3, 0.4) is 0 Å². The highest BCUT2D eigenvalue weighted by molar-refractivity contribution is 6.20. The predicted octanol–water partition coefficient (Wildman–Crippen LogP) is 4.59. The minimum Gasteiger partial charge on any atom is -0.493 e. The summed E-state index contributed by atoms with van der Waals surface area (Å²) in [6, 6.07) is 3.88. The third-order valence-corrected chi connectivity index (χ3v) is 3.74. The first-order valence-electron chi connectivity index (χ1n) is 8.16. The lowest BCUT2D eigenvalue weighted by Crippen LogP contribution is -2.09. The van der Waals surface area contributed by atoms with Crippen molar-refractivity contribution in [3.05, 3.63) is 84.5 Å². The zero-order valence-corrected chi connectivity index (χ0v) is 14.2. The van der Waals surface area contributed by atoms with E-state index in [1.165, 1.54) is 0 Å². The van der Waals surface area contributed by atoms with Gasteiger partial charge < -0.3 is 4.74 Å². The molecule has 1 atom stereocenters. The summed E-state index contributed by atoms with van der Waals surface area (Å²) < 4.78 is 5.73. The molecule has 0 aliphatic carbocycles. The first-order valence-corrected chi connectivity index (χ1v) is 8.16. The van der Waals surface area contributed by atoms with Gasteiger partial charge in [0, 0.05) is 12.6 Å². The number of ether oxygens (including phenoxy) is 1. The van der Waals surface area contributed by atoms with Gasteiger partial charge in [0.25, 0.3) is 0 Å². The van der Waals surface area contributed by atoms with Crippen LogP contribution in [0.5, 0.6) is 0 Å². The van der Waals surface area contributed by atoms with E-state index in [1.807, 2.05) is 49.4 Å². The van der Waals surface area contributed by atoms with Crippen LogP contribution >= 0.6 is 0 Å². The number of hydrogen-bond donors (Lipinski definition) is 0. The molecule has 1 aromatic heterocycles. The zero-order valence-electron chi connectivity index (χ0n) is 14.2. The van der Waals surface area contributed by atoms with Crippen molar-refractivity contribution in [2.24, 2.45) is 0 Å². The lowest BCUT2D eigenvalue weighted by Gasteiger charge is -2.13. The van der Waals surface area contributed by atoms with E-state index in [1.54, 1.807) is 18.5 Å². The second kappa shape index (κ2) is 8.82. The summed E-state index contributed by atoms with van der Waals surface area (Å²) in [6.45, 7) is 7.66. The predicted molar refractivity (Wildman–Crippen MR) is 98.3 cm³/mol. The van der Waals surface area contributed by atoms with E-state index in [-0.39, 0.29) is 11.9 Å². The molecule has 124 valence electrons. The van der Waals surface area contributed by atoms with Gasteiger partial charge in [0.05, 0.1) is 17.5 Å². The molecule has 0 bridgehead atoms. The second-order valence-corrected chi connectivity index (χ2v) is 5.52. The summed E-state index contributed by atoms with van der Waals surface area (Å²) in [5.41, 5.74) is 3.23. The number of Topliss-reactive ketones (excluding diaryl/α,β-unsaturated/α-hetero) is 1. The van der Waals surface area contributed by atoms with E-state index < -0.39 is 0 Å². The van der Waals surface area contributed by atoms with Crippen LogP contribution in [0.2, 0.25) is 0 Å². The third kappa shape index (κ3) is 4.66. The number of ketones is 1. The van der Waals surface area contributed by atoms with Gasteiger partial charge in [-0.3, -0.25) is 9.78 Å². The molecule has 1 aliphatic rings. The second-order valence-electron chi connectivity index (χ2n) is 5.52. The Morgan fingerprint density at radius 2 is 2.29 bits per heavy atom. The lowest BCUT2D eigenvalue weighted by molar-refractivity contribution is -0.113. The number of carbonyl (C=O) groups is 1. The number of pyridine rings is 1. The minimum atomic E-state index is -0.139. The standard InChI is InChI=1S/C21H23NO2/c1-4-6-8-17-11-10-16(3)24-15-19(20(23)13-12-17)21-18(5-2)9-7-14-22-21/h4,6-12,14-16H,1,5,13H2,2-3H3/b8-6-,11-10-,17-12-,19-15+. The molecule has 3 nitrogen and oxygen atoms in total. The number of aryl methyl sites for hydroxylation is 1. The highest BCUT2D eigenvalue weighted by Crippen LogP contribution is 2.22. The van der Waals surface area contributed by atoms with Crippen LogP contribution < -0.4 is 0 Å². The van der Waals surface area contributed by atoms with Crippen molar-refractivity contribution in [1.82, 2.24) is 4.98 Å². The molecule has 1 unspecified atom stereocenters. The topological polar surface area (TPSA) is 39.2 Å². The fraction of sp³-hybridized carbons (Fsp3) is 0.238. The maximum absolute atomic E-state index is 12.7. The van der Waals surface area contributed by atoms with Crippen LogP contribution in [0.4, 0.5) is 0 Å². The molecule has 1 aromatic rings. The van der Waals surface area contributed by atoms with Crippen LogP contribution in [0, 0.1) is 0 Å². The molecule has 24 heavy (non-hydrogen) atoms. The van der Waals surface area contributed by atoms with Gasteiger partial charge in [-0.25, -0.2) is 0 Å². The van der Waals surface area contributed by atoms with Crippen LogP contribution in [-0.4, -0.2) is 16.9 Å².